The van der Waals surface area contributed by atoms with Gasteiger partial charge in [0.05, 0.1) is 36.6 Å². The second kappa shape index (κ2) is 21.7. The van der Waals surface area contributed by atoms with E-state index in [-0.39, 0.29) is 24.6 Å². The highest BCUT2D eigenvalue weighted by Gasteiger charge is 2.69. The maximum Gasteiger partial charge on any atom is 0.472 e. The Bertz CT molecular complexity index is 1900. The Balaban J connectivity index is 1.13. The van der Waals surface area contributed by atoms with Gasteiger partial charge in [-0.2, -0.15) is 10.4 Å². The first kappa shape index (κ1) is 45.6. The minimum Gasteiger partial charge on any atom is -0.382 e. The van der Waals surface area contributed by atoms with Gasteiger partial charge in [-0.15, -0.1) is 0 Å². The van der Waals surface area contributed by atoms with E-state index in [0.717, 1.165) is 31.7 Å². The van der Waals surface area contributed by atoms with Crippen LogP contribution in [-0.4, -0.2) is 62.5 Å². The fourth-order valence-corrected chi connectivity index (χ4v) is 8.51. The SMILES string of the molecule is [C-]#[N+][C@]1(COP(=O)(O)OC[C@@H](CCCCCCCCCCCCCCCCC)OCc2cc(F)cc(C#N)c2)O[C@@H](c2ccc3c(N)ncnn23)[C@@H]2OC(C)(C)O[C@@H]21. The zero-order valence-electron chi connectivity index (χ0n) is 34.2. The first-order valence-electron chi connectivity index (χ1n) is 20.8. The van der Waals surface area contributed by atoms with E-state index < -0.39 is 56.2 Å². The predicted molar refractivity (Wildman–Crippen MR) is 215 cm³/mol. The zero-order valence-corrected chi connectivity index (χ0v) is 35.0. The summed E-state index contributed by atoms with van der Waals surface area (Å²) >= 11 is 0. The molecular weight excluding hydrogens is 766 g/mol. The van der Waals surface area contributed by atoms with Crippen LogP contribution in [0.5, 0.6) is 0 Å². The van der Waals surface area contributed by atoms with E-state index in [2.05, 4.69) is 21.9 Å². The molecule has 0 spiro atoms. The Hall–Kier alpha value is -3.50. The quantitative estimate of drug-likeness (QED) is 0.0446. The first-order valence-corrected chi connectivity index (χ1v) is 22.3. The number of halogens is 1. The number of nitriles is 1. The van der Waals surface area contributed by atoms with Crippen molar-refractivity contribution in [2.45, 2.75) is 166 Å². The summed E-state index contributed by atoms with van der Waals surface area (Å²) in [6.45, 7) is 12.8. The number of hydrogen-bond donors (Lipinski definition) is 2. The summed E-state index contributed by atoms with van der Waals surface area (Å²) in [4.78, 5) is 18.7. The Morgan fingerprint density at radius 2 is 1.66 bits per heavy atom. The van der Waals surface area contributed by atoms with Crippen molar-refractivity contribution in [3.05, 3.63) is 70.7 Å². The molecule has 58 heavy (non-hydrogen) atoms. The average molecular weight is 827 g/mol. The molecule has 3 N–H and O–H groups in total. The third-order valence-electron chi connectivity index (χ3n) is 10.8. The van der Waals surface area contributed by atoms with Gasteiger partial charge >= 0.3 is 13.5 Å². The van der Waals surface area contributed by atoms with Gasteiger partial charge in [-0.3, -0.25) is 18.6 Å². The first-order chi connectivity index (χ1) is 27.9. The van der Waals surface area contributed by atoms with E-state index in [1.807, 2.05) is 6.07 Å². The molecule has 0 amide bonds. The van der Waals surface area contributed by atoms with Gasteiger partial charge in [0.25, 0.3) is 0 Å². The lowest BCUT2D eigenvalue weighted by atomic mass is 10.0. The molecule has 0 radical (unpaired) electrons. The molecule has 4 heterocycles. The molecule has 1 aromatic carbocycles. The van der Waals surface area contributed by atoms with Crippen LogP contribution in [0, 0.1) is 23.7 Å². The van der Waals surface area contributed by atoms with Crippen molar-refractivity contribution in [1.29, 1.82) is 5.26 Å². The summed E-state index contributed by atoms with van der Waals surface area (Å²) in [7, 11) is -4.78. The summed E-state index contributed by atoms with van der Waals surface area (Å²) in [5, 5.41) is 13.6. The molecule has 2 aromatic heterocycles. The van der Waals surface area contributed by atoms with Gasteiger partial charge < -0.3 is 24.8 Å². The smallest absolute Gasteiger partial charge is 0.382 e. The molecule has 1 unspecified atom stereocenters. The van der Waals surface area contributed by atoms with E-state index in [1.54, 1.807) is 30.5 Å². The number of anilines is 1. The van der Waals surface area contributed by atoms with Gasteiger partial charge in [0.15, 0.2) is 24.3 Å². The molecule has 3 aromatic rings. The molecule has 2 aliphatic rings. The number of nitrogens with two attached hydrogens (primary N) is 1. The summed E-state index contributed by atoms with van der Waals surface area (Å²) in [6.07, 6.45) is 16.8. The van der Waals surface area contributed by atoms with Crippen LogP contribution in [0.4, 0.5) is 10.2 Å². The van der Waals surface area contributed by atoms with Crippen LogP contribution in [0.3, 0.4) is 0 Å². The van der Waals surface area contributed by atoms with Crippen molar-refractivity contribution in [1.82, 2.24) is 14.6 Å². The number of benzene rings is 1. The Kier molecular flexibility index (Phi) is 17.0. The van der Waals surface area contributed by atoms with Crippen molar-refractivity contribution in [3.63, 3.8) is 0 Å². The number of rotatable bonds is 26. The molecule has 318 valence electrons. The van der Waals surface area contributed by atoms with Crippen LogP contribution < -0.4 is 5.73 Å². The van der Waals surface area contributed by atoms with E-state index in [0.29, 0.717) is 23.2 Å². The second-order valence-corrected chi connectivity index (χ2v) is 17.3. The van der Waals surface area contributed by atoms with E-state index >= 15 is 0 Å². The normalized spacial score (nSPS) is 22.7. The van der Waals surface area contributed by atoms with Crippen molar-refractivity contribution < 1.29 is 41.8 Å². The predicted octanol–water partition coefficient (Wildman–Crippen LogP) is 9.51. The fourth-order valence-electron chi connectivity index (χ4n) is 7.73. The van der Waals surface area contributed by atoms with Crippen molar-refractivity contribution >= 4 is 19.2 Å². The Morgan fingerprint density at radius 1 is 1.00 bits per heavy atom. The number of ether oxygens (including phenoxy) is 4. The lowest BCUT2D eigenvalue weighted by Crippen LogP contribution is -2.44. The highest BCUT2D eigenvalue weighted by Crippen LogP contribution is 2.53. The van der Waals surface area contributed by atoms with Crippen LogP contribution in [0.2, 0.25) is 0 Å². The molecular formula is C42H60FN6O8P. The van der Waals surface area contributed by atoms with Crippen molar-refractivity contribution in [2.24, 2.45) is 0 Å². The maximum absolute atomic E-state index is 14.2. The van der Waals surface area contributed by atoms with Crippen LogP contribution in [-0.2, 0) is 39.2 Å². The molecule has 0 bridgehead atoms. The van der Waals surface area contributed by atoms with Crippen molar-refractivity contribution in [3.8, 4) is 6.07 Å². The van der Waals surface area contributed by atoms with Gasteiger partial charge in [0.1, 0.15) is 29.9 Å². The lowest BCUT2D eigenvalue weighted by molar-refractivity contribution is -0.206. The summed E-state index contributed by atoms with van der Waals surface area (Å²) in [5.74, 6) is -1.40. The third-order valence-corrected chi connectivity index (χ3v) is 11.7. The zero-order chi connectivity index (χ0) is 41.6. The van der Waals surface area contributed by atoms with E-state index in [4.69, 9.17) is 40.3 Å². The third kappa shape index (κ3) is 12.8. The number of phosphoric ester groups is 1. The Labute approximate surface area is 341 Å². The molecule has 0 aliphatic carbocycles. The van der Waals surface area contributed by atoms with E-state index in [1.165, 1.54) is 89.1 Å². The number of aromatic nitrogens is 3. The average Bonchev–Trinajstić information content (AvgIpc) is 3.86. The standard InChI is InChI=1S/C42H60FN6O8P/c1-5-6-7-8-9-10-11-12-13-14-15-16-17-18-19-20-34(52-27-32-23-31(26-44)24-33(43)25-32)28-53-58(50,51)54-29-42(46-4)39-38(55-41(2,3)57-39)37(56-42)35-21-22-36-40(45)47-30-48-49(35)36/h21-25,30,34,37-39H,5-20,27-29H2,1-3H3,(H,50,51)(H2,45,47,48)/t34-,37+,38+,39+,42-/m1/s1. The molecule has 5 rings (SSSR count). The van der Waals surface area contributed by atoms with E-state index in [9.17, 15) is 19.1 Å². The number of unbranched alkanes of at least 4 members (excludes halogenated alkanes) is 14. The Morgan fingerprint density at radius 3 is 2.29 bits per heavy atom. The fraction of sp³-hybridized carbons (Fsp3) is 0.667. The molecule has 16 heteroatoms. The summed E-state index contributed by atoms with van der Waals surface area (Å²) < 4.78 is 64.7. The monoisotopic (exact) mass is 826 g/mol. The second-order valence-electron chi connectivity index (χ2n) is 15.9. The minimum absolute atomic E-state index is 0.0347. The maximum atomic E-state index is 14.2. The lowest BCUT2D eigenvalue weighted by Gasteiger charge is -2.26. The van der Waals surface area contributed by atoms with Gasteiger partial charge in [-0.25, -0.2) is 25.0 Å². The van der Waals surface area contributed by atoms with Gasteiger partial charge in [0.2, 0.25) is 0 Å². The van der Waals surface area contributed by atoms with Crippen LogP contribution >= 0.6 is 7.82 Å². The number of fused-ring (bicyclic) bond motifs is 2. The summed E-state index contributed by atoms with van der Waals surface area (Å²) in [6, 6.07) is 9.37. The largest absolute Gasteiger partial charge is 0.472 e. The molecule has 2 saturated heterocycles. The number of nitrogens with zero attached hydrogens (tertiary/aromatic N) is 5. The van der Waals surface area contributed by atoms with Crippen LogP contribution in [0.25, 0.3) is 10.4 Å². The number of nitrogen functional groups attached to an aromatic ring is 1. The molecule has 0 saturated carbocycles. The van der Waals surface area contributed by atoms with Crippen molar-refractivity contribution in [2.75, 3.05) is 18.9 Å². The van der Waals surface area contributed by atoms with Crippen LogP contribution in [0.1, 0.15) is 146 Å². The molecule has 2 aliphatic heterocycles. The molecule has 6 atom stereocenters. The topological polar surface area (TPSA) is 177 Å². The van der Waals surface area contributed by atoms with Gasteiger partial charge in [0, 0.05) is 0 Å². The number of hydrogen-bond acceptors (Lipinski definition) is 11. The molecule has 14 nitrogen and oxygen atoms in total. The van der Waals surface area contributed by atoms with Gasteiger partial charge in [-0.05, 0) is 56.2 Å². The highest BCUT2D eigenvalue weighted by atomic mass is 31.2. The van der Waals surface area contributed by atoms with Gasteiger partial charge in [-0.1, -0.05) is 103 Å². The minimum atomic E-state index is -4.78. The molecule has 2 fully saturated rings. The summed E-state index contributed by atoms with van der Waals surface area (Å²) in [5.41, 5.74) is 5.84. The highest BCUT2D eigenvalue weighted by molar-refractivity contribution is 7.47. The number of phosphoric acid groups is 1. The van der Waals surface area contributed by atoms with Crippen LogP contribution in [0.15, 0.2) is 36.7 Å².